The van der Waals surface area contributed by atoms with Crippen molar-refractivity contribution in [3.8, 4) is 0 Å². The van der Waals surface area contributed by atoms with Gasteiger partial charge in [-0.05, 0) is 25.1 Å². The minimum absolute atomic E-state index is 0.137. The van der Waals surface area contributed by atoms with Crippen molar-refractivity contribution in [3.63, 3.8) is 0 Å². The third-order valence-electron chi connectivity index (χ3n) is 2.54. The molecule has 1 aromatic rings. The van der Waals surface area contributed by atoms with Crippen LogP contribution in [0, 0.1) is 5.82 Å². The van der Waals surface area contributed by atoms with E-state index in [1.54, 1.807) is 6.07 Å². The van der Waals surface area contributed by atoms with Crippen LogP contribution in [0.2, 0.25) is 0 Å². The van der Waals surface area contributed by atoms with Gasteiger partial charge in [-0.15, -0.1) is 0 Å². The maximum Gasteiger partial charge on any atom is 0.139 e. The average molecular weight is 213 g/mol. The standard InChI is InChI=1S/C10H12FNOS/c1-12-9-5-6-14(13)10-7(9)3-2-4-8(10)11/h2-4,9,12H,5-6H2,1H3. The molecule has 0 bridgehead atoms. The Morgan fingerprint density at radius 1 is 1.57 bits per heavy atom. The summed E-state index contributed by atoms with van der Waals surface area (Å²) >= 11 is 0. The van der Waals surface area contributed by atoms with Crippen LogP contribution in [0.4, 0.5) is 4.39 Å². The van der Waals surface area contributed by atoms with Crippen LogP contribution in [0.25, 0.3) is 0 Å². The molecule has 4 heteroatoms. The summed E-state index contributed by atoms with van der Waals surface area (Å²) in [6, 6.07) is 5.02. The lowest BCUT2D eigenvalue weighted by Gasteiger charge is -2.24. The Bertz CT molecular complexity index is 380. The van der Waals surface area contributed by atoms with Crippen molar-refractivity contribution in [2.24, 2.45) is 0 Å². The Labute approximate surface area is 85.0 Å². The van der Waals surface area contributed by atoms with Gasteiger partial charge < -0.3 is 5.32 Å². The highest BCUT2D eigenvalue weighted by Gasteiger charge is 2.25. The van der Waals surface area contributed by atoms with E-state index < -0.39 is 10.8 Å². The number of benzene rings is 1. The van der Waals surface area contributed by atoms with Crippen molar-refractivity contribution in [1.82, 2.24) is 5.32 Å². The molecule has 0 radical (unpaired) electrons. The third kappa shape index (κ3) is 1.48. The van der Waals surface area contributed by atoms with Gasteiger partial charge in [-0.2, -0.15) is 0 Å². The molecule has 1 aliphatic heterocycles. The first-order valence-electron chi connectivity index (χ1n) is 4.58. The molecule has 0 aromatic heterocycles. The maximum atomic E-state index is 13.4. The normalized spacial score (nSPS) is 25.9. The minimum atomic E-state index is -1.16. The van der Waals surface area contributed by atoms with Gasteiger partial charge in [-0.1, -0.05) is 12.1 Å². The van der Waals surface area contributed by atoms with E-state index >= 15 is 0 Å². The molecule has 0 saturated heterocycles. The van der Waals surface area contributed by atoms with Crippen LogP contribution in [0.5, 0.6) is 0 Å². The van der Waals surface area contributed by atoms with E-state index in [4.69, 9.17) is 0 Å². The van der Waals surface area contributed by atoms with Gasteiger partial charge in [0.2, 0.25) is 0 Å². The van der Waals surface area contributed by atoms with Crippen LogP contribution < -0.4 is 5.32 Å². The molecule has 0 saturated carbocycles. The number of nitrogens with one attached hydrogen (secondary N) is 1. The van der Waals surface area contributed by atoms with E-state index in [0.717, 1.165) is 12.0 Å². The summed E-state index contributed by atoms with van der Waals surface area (Å²) in [6.45, 7) is 0. The topological polar surface area (TPSA) is 29.1 Å². The number of rotatable bonds is 1. The summed E-state index contributed by atoms with van der Waals surface area (Å²) in [6.07, 6.45) is 0.805. The summed E-state index contributed by atoms with van der Waals surface area (Å²) in [4.78, 5) is 0.387. The summed E-state index contributed by atoms with van der Waals surface area (Å²) in [7, 11) is 0.677. The molecule has 1 aromatic carbocycles. The Balaban J connectivity index is 2.56. The van der Waals surface area contributed by atoms with E-state index in [2.05, 4.69) is 5.32 Å². The van der Waals surface area contributed by atoms with Gasteiger partial charge in [0.1, 0.15) is 5.82 Å². The molecular weight excluding hydrogens is 201 g/mol. The lowest BCUT2D eigenvalue weighted by atomic mass is 10.0. The van der Waals surface area contributed by atoms with Gasteiger partial charge in [0.15, 0.2) is 0 Å². The zero-order valence-electron chi connectivity index (χ0n) is 7.92. The second-order valence-electron chi connectivity index (χ2n) is 3.34. The number of halogens is 1. The molecule has 0 amide bonds. The predicted octanol–water partition coefficient (Wildman–Crippen LogP) is 1.60. The first-order chi connectivity index (χ1) is 6.74. The quantitative estimate of drug-likeness (QED) is 0.767. The fourth-order valence-electron chi connectivity index (χ4n) is 1.82. The average Bonchev–Trinajstić information content (AvgIpc) is 2.18. The number of hydrogen-bond donors (Lipinski definition) is 1. The lowest BCUT2D eigenvalue weighted by Crippen LogP contribution is -2.25. The minimum Gasteiger partial charge on any atom is -0.313 e. The Kier molecular flexibility index (Phi) is 2.65. The first-order valence-corrected chi connectivity index (χ1v) is 5.90. The largest absolute Gasteiger partial charge is 0.313 e. The van der Waals surface area contributed by atoms with E-state index in [9.17, 15) is 8.60 Å². The Hall–Kier alpha value is -0.740. The number of hydrogen-bond acceptors (Lipinski definition) is 2. The smallest absolute Gasteiger partial charge is 0.139 e. The highest BCUT2D eigenvalue weighted by atomic mass is 32.2. The van der Waals surface area contributed by atoms with Gasteiger partial charge in [0.25, 0.3) is 0 Å². The van der Waals surface area contributed by atoms with Gasteiger partial charge in [0, 0.05) is 11.8 Å². The zero-order valence-corrected chi connectivity index (χ0v) is 8.73. The van der Waals surface area contributed by atoms with Crippen LogP contribution >= 0.6 is 0 Å². The van der Waals surface area contributed by atoms with Crippen LogP contribution in [-0.4, -0.2) is 17.0 Å². The second kappa shape index (κ2) is 3.79. The van der Waals surface area contributed by atoms with Crippen molar-refractivity contribution in [3.05, 3.63) is 29.6 Å². The van der Waals surface area contributed by atoms with E-state index in [-0.39, 0.29) is 11.9 Å². The molecule has 76 valence electrons. The summed E-state index contributed by atoms with van der Waals surface area (Å²) in [5, 5.41) is 3.11. The molecule has 1 N–H and O–H groups in total. The summed E-state index contributed by atoms with van der Waals surface area (Å²) < 4.78 is 25.0. The summed E-state index contributed by atoms with van der Waals surface area (Å²) in [5.41, 5.74) is 0.845. The van der Waals surface area contributed by atoms with Crippen LogP contribution in [-0.2, 0) is 10.8 Å². The molecule has 14 heavy (non-hydrogen) atoms. The van der Waals surface area contributed by atoms with Gasteiger partial charge >= 0.3 is 0 Å². The zero-order chi connectivity index (χ0) is 10.1. The van der Waals surface area contributed by atoms with Crippen LogP contribution in [0.15, 0.2) is 23.1 Å². The summed E-state index contributed by atoms with van der Waals surface area (Å²) in [5.74, 6) is 0.195. The molecule has 0 fully saturated rings. The van der Waals surface area contributed by atoms with Crippen molar-refractivity contribution >= 4 is 10.8 Å². The maximum absolute atomic E-state index is 13.4. The van der Waals surface area contributed by atoms with E-state index in [1.807, 2.05) is 13.1 Å². The van der Waals surface area contributed by atoms with E-state index in [1.165, 1.54) is 6.07 Å². The van der Waals surface area contributed by atoms with Crippen LogP contribution in [0.1, 0.15) is 18.0 Å². The molecule has 2 rings (SSSR count). The van der Waals surface area contributed by atoms with Crippen molar-refractivity contribution < 1.29 is 8.60 Å². The van der Waals surface area contributed by atoms with Crippen molar-refractivity contribution in [2.75, 3.05) is 12.8 Å². The van der Waals surface area contributed by atoms with E-state index in [0.29, 0.717) is 10.6 Å². The SMILES string of the molecule is CNC1CCS(=O)c2c(F)cccc21. The molecule has 1 heterocycles. The lowest BCUT2D eigenvalue weighted by molar-refractivity contribution is 0.526. The molecular formula is C10H12FNOS. The van der Waals surface area contributed by atoms with Crippen molar-refractivity contribution in [2.45, 2.75) is 17.4 Å². The number of fused-ring (bicyclic) bond motifs is 1. The van der Waals surface area contributed by atoms with Crippen molar-refractivity contribution in [1.29, 1.82) is 0 Å². The Morgan fingerprint density at radius 3 is 3.07 bits per heavy atom. The third-order valence-corrected chi connectivity index (χ3v) is 4.03. The second-order valence-corrected chi connectivity index (χ2v) is 4.85. The molecule has 2 atom stereocenters. The fourth-order valence-corrected chi connectivity index (χ4v) is 3.24. The molecule has 0 spiro atoms. The Morgan fingerprint density at radius 2 is 2.36 bits per heavy atom. The molecule has 1 aliphatic rings. The first kappa shape index (κ1) is 9.80. The molecule has 0 aliphatic carbocycles. The highest BCUT2D eigenvalue weighted by molar-refractivity contribution is 7.85. The van der Waals surface area contributed by atoms with Gasteiger partial charge in [-0.25, -0.2) is 4.39 Å². The molecule has 2 nitrogen and oxygen atoms in total. The highest BCUT2D eigenvalue weighted by Crippen LogP contribution is 2.31. The van der Waals surface area contributed by atoms with Gasteiger partial charge in [-0.3, -0.25) is 4.21 Å². The molecule has 2 unspecified atom stereocenters. The van der Waals surface area contributed by atoms with Gasteiger partial charge in [0.05, 0.1) is 15.7 Å². The predicted molar refractivity (Wildman–Crippen MR) is 54.1 cm³/mol. The van der Waals surface area contributed by atoms with Crippen LogP contribution in [0.3, 0.4) is 0 Å². The fraction of sp³-hybridized carbons (Fsp3) is 0.400. The monoisotopic (exact) mass is 213 g/mol.